The standard InChI is InChI=1S/C17H28O2/c1-6-7-8-13-17(4,5)19-18-16-11-9-15(10-12-16)14(2)3/h9-12,14H,6-8,13H2,1-5H3. The van der Waals surface area contributed by atoms with E-state index in [1.54, 1.807) is 0 Å². The van der Waals surface area contributed by atoms with Crippen molar-refractivity contribution < 1.29 is 9.78 Å². The van der Waals surface area contributed by atoms with E-state index in [1.807, 2.05) is 12.1 Å². The maximum atomic E-state index is 5.56. The van der Waals surface area contributed by atoms with Crippen LogP contribution in [0, 0.1) is 0 Å². The van der Waals surface area contributed by atoms with Gasteiger partial charge in [-0.25, -0.2) is 0 Å². The van der Waals surface area contributed by atoms with Gasteiger partial charge >= 0.3 is 0 Å². The molecule has 0 fully saturated rings. The minimum atomic E-state index is -0.230. The van der Waals surface area contributed by atoms with Crippen LogP contribution < -0.4 is 4.89 Å². The largest absolute Gasteiger partial charge is 0.337 e. The fourth-order valence-corrected chi connectivity index (χ4v) is 1.91. The molecule has 0 bridgehead atoms. The zero-order valence-corrected chi connectivity index (χ0v) is 13.0. The third-order valence-electron chi connectivity index (χ3n) is 3.29. The van der Waals surface area contributed by atoms with E-state index in [0.29, 0.717) is 5.92 Å². The summed E-state index contributed by atoms with van der Waals surface area (Å²) in [6, 6.07) is 8.12. The van der Waals surface area contributed by atoms with Crippen molar-refractivity contribution in [2.24, 2.45) is 0 Å². The molecule has 1 aromatic rings. The molecule has 0 aliphatic heterocycles. The van der Waals surface area contributed by atoms with Crippen molar-refractivity contribution in [2.45, 2.75) is 71.8 Å². The molecule has 0 aliphatic carbocycles. The van der Waals surface area contributed by atoms with Crippen LogP contribution in [-0.2, 0) is 4.89 Å². The van der Waals surface area contributed by atoms with Gasteiger partial charge < -0.3 is 4.89 Å². The average Bonchev–Trinajstić information content (AvgIpc) is 2.37. The molecule has 0 amide bonds. The summed E-state index contributed by atoms with van der Waals surface area (Å²) in [7, 11) is 0. The molecule has 0 spiro atoms. The van der Waals surface area contributed by atoms with E-state index < -0.39 is 0 Å². The highest BCUT2D eigenvalue weighted by molar-refractivity contribution is 5.28. The van der Waals surface area contributed by atoms with Crippen LogP contribution in [0.5, 0.6) is 5.75 Å². The number of unbranched alkanes of at least 4 members (excludes halogenated alkanes) is 2. The van der Waals surface area contributed by atoms with Crippen LogP contribution in [0.1, 0.15) is 71.8 Å². The van der Waals surface area contributed by atoms with Crippen LogP contribution in [-0.4, -0.2) is 5.60 Å². The molecule has 2 heteroatoms. The molecule has 0 unspecified atom stereocenters. The lowest BCUT2D eigenvalue weighted by Crippen LogP contribution is -2.26. The molecular weight excluding hydrogens is 236 g/mol. The minimum Gasteiger partial charge on any atom is -0.337 e. The Bertz CT molecular complexity index is 352. The highest BCUT2D eigenvalue weighted by atomic mass is 17.2. The number of rotatable bonds is 8. The second-order valence-electron chi connectivity index (χ2n) is 6.11. The second kappa shape index (κ2) is 7.54. The zero-order valence-electron chi connectivity index (χ0n) is 13.0. The Morgan fingerprint density at radius 1 is 1.05 bits per heavy atom. The van der Waals surface area contributed by atoms with E-state index in [4.69, 9.17) is 9.78 Å². The lowest BCUT2D eigenvalue weighted by Gasteiger charge is -2.23. The molecular formula is C17H28O2. The number of hydrogen-bond donors (Lipinski definition) is 0. The molecule has 108 valence electrons. The highest BCUT2D eigenvalue weighted by Crippen LogP contribution is 2.23. The normalized spacial score (nSPS) is 11.9. The zero-order chi connectivity index (χ0) is 14.3. The Kier molecular flexibility index (Phi) is 6.36. The van der Waals surface area contributed by atoms with Crippen LogP contribution >= 0.6 is 0 Å². The second-order valence-corrected chi connectivity index (χ2v) is 6.11. The van der Waals surface area contributed by atoms with Gasteiger partial charge in [-0.15, -0.1) is 0 Å². The molecule has 0 N–H and O–H groups in total. The summed E-state index contributed by atoms with van der Waals surface area (Å²) >= 11 is 0. The maximum Gasteiger partial charge on any atom is 0.165 e. The first-order valence-electron chi connectivity index (χ1n) is 7.40. The van der Waals surface area contributed by atoms with Crippen LogP contribution in [0.25, 0.3) is 0 Å². The summed E-state index contributed by atoms with van der Waals surface area (Å²) in [6.45, 7) is 10.7. The van der Waals surface area contributed by atoms with Gasteiger partial charge in [0.2, 0.25) is 0 Å². The third kappa shape index (κ3) is 6.11. The van der Waals surface area contributed by atoms with E-state index in [9.17, 15) is 0 Å². The monoisotopic (exact) mass is 264 g/mol. The summed E-state index contributed by atoms with van der Waals surface area (Å²) in [4.78, 5) is 11.0. The summed E-state index contributed by atoms with van der Waals surface area (Å²) < 4.78 is 0. The molecule has 0 atom stereocenters. The van der Waals surface area contributed by atoms with E-state index in [1.165, 1.54) is 24.8 Å². The van der Waals surface area contributed by atoms with Gasteiger partial charge in [-0.3, -0.25) is 0 Å². The third-order valence-corrected chi connectivity index (χ3v) is 3.29. The fraction of sp³-hybridized carbons (Fsp3) is 0.647. The van der Waals surface area contributed by atoms with Crippen LogP contribution in [0.3, 0.4) is 0 Å². The Hall–Kier alpha value is -1.02. The smallest absolute Gasteiger partial charge is 0.165 e. The lowest BCUT2D eigenvalue weighted by molar-refractivity contribution is -0.282. The van der Waals surface area contributed by atoms with Crippen molar-refractivity contribution in [1.82, 2.24) is 0 Å². The van der Waals surface area contributed by atoms with Gasteiger partial charge in [0, 0.05) is 0 Å². The molecule has 2 nitrogen and oxygen atoms in total. The van der Waals surface area contributed by atoms with E-state index >= 15 is 0 Å². The molecule has 0 heterocycles. The maximum absolute atomic E-state index is 5.56. The fourth-order valence-electron chi connectivity index (χ4n) is 1.91. The van der Waals surface area contributed by atoms with E-state index in [0.717, 1.165) is 12.2 Å². The van der Waals surface area contributed by atoms with E-state index in [-0.39, 0.29) is 5.60 Å². The van der Waals surface area contributed by atoms with Gasteiger partial charge in [-0.05, 0) is 43.9 Å². The van der Waals surface area contributed by atoms with E-state index in [2.05, 4.69) is 46.8 Å². The van der Waals surface area contributed by atoms with Gasteiger partial charge in [-0.2, -0.15) is 4.89 Å². The minimum absolute atomic E-state index is 0.230. The lowest BCUT2D eigenvalue weighted by atomic mass is 10.0. The first kappa shape index (κ1) is 16.0. The molecule has 19 heavy (non-hydrogen) atoms. The molecule has 1 rings (SSSR count). The van der Waals surface area contributed by atoms with Crippen LogP contribution in [0.4, 0.5) is 0 Å². The first-order valence-corrected chi connectivity index (χ1v) is 7.40. The summed E-state index contributed by atoms with van der Waals surface area (Å²) in [5, 5.41) is 0. The van der Waals surface area contributed by atoms with Crippen molar-refractivity contribution in [3.05, 3.63) is 29.8 Å². The predicted molar refractivity (Wildman–Crippen MR) is 80.5 cm³/mol. The summed E-state index contributed by atoms with van der Waals surface area (Å²) in [5.41, 5.74) is 1.08. The SMILES string of the molecule is CCCCCC(C)(C)OOc1ccc(C(C)C)cc1. The van der Waals surface area contributed by atoms with Crippen molar-refractivity contribution in [3.63, 3.8) is 0 Å². The Morgan fingerprint density at radius 3 is 2.21 bits per heavy atom. The van der Waals surface area contributed by atoms with Gasteiger partial charge in [0.1, 0.15) is 5.60 Å². The Balaban J connectivity index is 2.42. The molecule has 0 saturated heterocycles. The topological polar surface area (TPSA) is 18.5 Å². The molecule has 0 aliphatic rings. The Morgan fingerprint density at radius 2 is 1.68 bits per heavy atom. The van der Waals surface area contributed by atoms with Crippen LogP contribution in [0.15, 0.2) is 24.3 Å². The molecule has 0 radical (unpaired) electrons. The Labute approximate surface area is 118 Å². The molecule has 0 aromatic heterocycles. The quantitative estimate of drug-likeness (QED) is 0.351. The van der Waals surface area contributed by atoms with Crippen molar-refractivity contribution in [1.29, 1.82) is 0 Å². The molecule has 0 saturated carbocycles. The van der Waals surface area contributed by atoms with Crippen molar-refractivity contribution in [3.8, 4) is 5.75 Å². The summed E-state index contributed by atoms with van der Waals surface area (Å²) in [5.74, 6) is 1.31. The van der Waals surface area contributed by atoms with Gasteiger partial charge in [0.05, 0.1) is 0 Å². The van der Waals surface area contributed by atoms with Gasteiger partial charge in [0.25, 0.3) is 0 Å². The summed E-state index contributed by atoms with van der Waals surface area (Å²) in [6.07, 6.45) is 4.67. The van der Waals surface area contributed by atoms with Gasteiger partial charge in [0.15, 0.2) is 5.75 Å². The number of hydrogen-bond acceptors (Lipinski definition) is 2. The predicted octanol–water partition coefficient (Wildman–Crippen LogP) is 5.48. The highest BCUT2D eigenvalue weighted by Gasteiger charge is 2.20. The first-order chi connectivity index (χ1) is 8.94. The number of benzene rings is 1. The van der Waals surface area contributed by atoms with Crippen molar-refractivity contribution >= 4 is 0 Å². The van der Waals surface area contributed by atoms with Gasteiger partial charge in [-0.1, -0.05) is 52.2 Å². The molecule has 1 aromatic carbocycles. The average molecular weight is 264 g/mol. The van der Waals surface area contributed by atoms with Crippen molar-refractivity contribution in [2.75, 3.05) is 0 Å². The van der Waals surface area contributed by atoms with Crippen LogP contribution in [0.2, 0.25) is 0 Å².